The molecule has 39 heavy (non-hydrogen) atoms. The largest absolute Gasteiger partial charge is 0.462 e. The Hall–Kier alpha value is -3.29. The average Bonchev–Trinajstić information content (AvgIpc) is 3.15. The Morgan fingerprint density at radius 3 is 2.62 bits per heavy atom. The zero-order chi connectivity index (χ0) is 28.8. The van der Waals surface area contributed by atoms with Crippen molar-refractivity contribution in [2.24, 2.45) is 5.11 Å². The molecule has 1 amide bonds. The van der Waals surface area contributed by atoms with Gasteiger partial charge in [-0.2, -0.15) is 5.09 Å². The maximum atomic E-state index is 13.8. The van der Waals surface area contributed by atoms with Gasteiger partial charge in [-0.1, -0.05) is 23.3 Å². The fourth-order valence-corrected chi connectivity index (χ4v) is 5.30. The summed E-state index contributed by atoms with van der Waals surface area (Å²) in [6.45, 7) is 3.92. The van der Waals surface area contributed by atoms with Crippen LogP contribution in [0.15, 0.2) is 47.7 Å². The maximum absolute atomic E-state index is 13.8. The Bertz CT molecular complexity index is 1190. The van der Waals surface area contributed by atoms with Gasteiger partial charge in [0.05, 0.1) is 12.5 Å². The van der Waals surface area contributed by atoms with Crippen LogP contribution in [-0.2, 0) is 37.7 Å². The number of azide groups is 1. The number of methoxy groups -OCH3 is 1. The van der Waals surface area contributed by atoms with E-state index in [1.54, 1.807) is 32.0 Å². The molecule has 0 saturated carbocycles. The minimum absolute atomic E-state index is 0.135. The zero-order valence-electron chi connectivity index (χ0n) is 21.7. The molecule has 2 aliphatic rings. The normalized spacial score (nSPS) is 27.1. The minimum atomic E-state index is -4.40. The van der Waals surface area contributed by atoms with E-state index in [-0.39, 0.29) is 5.75 Å². The number of para-hydroxylation sites is 1. The van der Waals surface area contributed by atoms with Gasteiger partial charge in [-0.25, -0.2) is 4.57 Å². The molecule has 0 aliphatic carbocycles. The molecule has 3 rings (SSSR count). The number of benzene rings is 1. The third-order valence-corrected chi connectivity index (χ3v) is 7.31. The lowest BCUT2D eigenvalue weighted by Crippen LogP contribution is -2.48. The molecule has 0 radical (unpaired) electrons. The van der Waals surface area contributed by atoms with E-state index in [1.807, 2.05) is 0 Å². The Balaban J connectivity index is 1.89. The fraction of sp³-hybridized carbons (Fsp3) is 0.522. The zero-order valence-corrected chi connectivity index (χ0v) is 22.6. The highest BCUT2D eigenvalue weighted by molar-refractivity contribution is 7.52. The van der Waals surface area contributed by atoms with Crippen LogP contribution in [-0.4, -0.2) is 77.7 Å². The van der Waals surface area contributed by atoms with Gasteiger partial charge in [0.15, 0.2) is 12.0 Å². The first kappa shape index (κ1) is 30.3. The predicted molar refractivity (Wildman–Crippen MR) is 134 cm³/mol. The quantitative estimate of drug-likeness (QED) is 0.0937. The molecule has 2 aliphatic heterocycles. The molecule has 1 saturated heterocycles. The third-order valence-electron chi connectivity index (χ3n) is 5.69. The van der Waals surface area contributed by atoms with E-state index < -0.39 is 74.7 Å². The van der Waals surface area contributed by atoms with Crippen LogP contribution in [0.2, 0.25) is 0 Å². The number of nitrogens with zero attached hydrogens (tertiary/aromatic N) is 4. The monoisotopic (exact) mass is 567 g/mol. The van der Waals surface area contributed by atoms with Gasteiger partial charge in [0, 0.05) is 18.2 Å². The van der Waals surface area contributed by atoms with E-state index in [4.69, 9.17) is 28.8 Å². The summed E-state index contributed by atoms with van der Waals surface area (Å²) >= 11 is 0. The van der Waals surface area contributed by atoms with Crippen LogP contribution < -0.4 is 9.61 Å². The van der Waals surface area contributed by atoms with Crippen LogP contribution in [0, 0.1) is 0 Å². The van der Waals surface area contributed by atoms with Gasteiger partial charge >= 0.3 is 13.7 Å². The molecular weight excluding hydrogens is 537 g/mol. The number of nitrogens with one attached hydrogen (secondary N) is 1. The van der Waals surface area contributed by atoms with Crippen molar-refractivity contribution in [2.75, 3.05) is 13.7 Å². The van der Waals surface area contributed by atoms with Crippen molar-refractivity contribution >= 4 is 25.4 Å². The lowest BCUT2D eigenvalue weighted by molar-refractivity contribution is -0.268. The molecule has 0 unspecified atom stereocenters. The van der Waals surface area contributed by atoms with Crippen molar-refractivity contribution in [1.29, 1.82) is 0 Å². The van der Waals surface area contributed by atoms with Crippen molar-refractivity contribution < 1.29 is 47.3 Å². The van der Waals surface area contributed by atoms with Crippen molar-refractivity contribution in [2.45, 2.75) is 63.5 Å². The number of hydrogen-bond donors (Lipinski definition) is 2. The predicted octanol–water partition coefficient (Wildman–Crippen LogP) is 2.17. The van der Waals surface area contributed by atoms with Gasteiger partial charge in [0.25, 0.3) is 0 Å². The SMILES string of the molecule is CO[C@]1(CO[P@@](=O)(N[C@H](C)C(=O)OC(C)C)Oc2ccccc2)O[C@@H](N2C=CC(=O)CC2=O)[C@H](N=[N+]=[N-])[C@@H]1O. The topological polar surface area (TPSA) is 199 Å². The van der Waals surface area contributed by atoms with Crippen LogP contribution in [0.25, 0.3) is 10.4 Å². The first-order valence-electron chi connectivity index (χ1n) is 11.9. The standard InChI is InChI=1S/C23H30N5O10P/c1-14(2)36-22(32)15(3)26-39(33,38-17-8-6-5-7-9-17)35-13-23(34-4)20(31)19(25-27-24)21(37-23)28-11-10-16(29)12-18(28)30/h5-11,14-15,19-21,31H,12-13H2,1-4H3,(H,26,33)/t15-,19-,20+,21-,23-,39+/m1/s1. The highest BCUT2D eigenvalue weighted by Crippen LogP contribution is 2.47. The molecule has 1 fully saturated rings. The van der Waals surface area contributed by atoms with Crippen molar-refractivity contribution in [1.82, 2.24) is 9.99 Å². The van der Waals surface area contributed by atoms with Crippen LogP contribution in [0.5, 0.6) is 5.75 Å². The summed E-state index contributed by atoms with van der Waals surface area (Å²) in [6.07, 6.45) is -1.73. The molecule has 1 aromatic rings. The number of carbonyl (C=O) groups excluding carboxylic acids is 3. The Kier molecular flexibility index (Phi) is 9.86. The number of aliphatic hydroxyl groups excluding tert-OH is 1. The maximum Gasteiger partial charge on any atom is 0.459 e. The summed E-state index contributed by atoms with van der Waals surface area (Å²) in [5.41, 5.74) is 9.07. The first-order valence-corrected chi connectivity index (χ1v) is 13.4. The lowest BCUT2D eigenvalue weighted by Gasteiger charge is -2.33. The van der Waals surface area contributed by atoms with E-state index in [1.165, 1.54) is 19.1 Å². The molecule has 16 heteroatoms. The van der Waals surface area contributed by atoms with Gasteiger partial charge in [-0.05, 0) is 44.5 Å². The van der Waals surface area contributed by atoms with E-state index in [2.05, 4.69) is 15.1 Å². The summed E-state index contributed by atoms with van der Waals surface area (Å²) in [4.78, 5) is 40.2. The van der Waals surface area contributed by atoms with E-state index >= 15 is 0 Å². The molecule has 2 N–H and O–H groups in total. The minimum Gasteiger partial charge on any atom is -0.462 e. The van der Waals surface area contributed by atoms with Crippen LogP contribution >= 0.6 is 7.75 Å². The molecule has 1 aromatic carbocycles. The average molecular weight is 567 g/mol. The second-order valence-corrected chi connectivity index (χ2v) is 10.6. The molecule has 6 atom stereocenters. The third kappa shape index (κ3) is 7.22. The molecule has 0 spiro atoms. The first-order chi connectivity index (χ1) is 18.4. The summed E-state index contributed by atoms with van der Waals surface area (Å²) in [5, 5.41) is 17.1. The number of esters is 1. The van der Waals surface area contributed by atoms with Gasteiger partial charge in [0.2, 0.25) is 11.7 Å². The highest BCUT2D eigenvalue weighted by atomic mass is 31.2. The number of ketones is 1. The summed E-state index contributed by atoms with van der Waals surface area (Å²) in [7, 11) is -3.25. The van der Waals surface area contributed by atoms with Gasteiger partial charge in [-0.3, -0.25) is 23.8 Å². The molecule has 0 bridgehead atoms. The van der Waals surface area contributed by atoms with Crippen LogP contribution in [0.4, 0.5) is 0 Å². The Morgan fingerprint density at radius 1 is 1.33 bits per heavy atom. The van der Waals surface area contributed by atoms with Crippen molar-refractivity contribution in [3.8, 4) is 5.75 Å². The van der Waals surface area contributed by atoms with Crippen LogP contribution in [0.1, 0.15) is 27.2 Å². The second kappa shape index (κ2) is 12.7. The lowest BCUT2D eigenvalue weighted by atomic mass is 10.0. The van der Waals surface area contributed by atoms with E-state index in [0.717, 1.165) is 24.3 Å². The summed E-state index contributed by atoms with van der Waals surface area (Å²) in [5.74, 6) is -3.80. The smallest absolute Gasteiger partial charge is 0.459 e. The van der Waals surface area contributed by atoms with Crippen molar-refractivity contribution in [3.05, 3.63) is 53.1 Å². The number of ether oxygens (including phenoxy) is 3. The number of hydrogen-bond acceptors (Lipinski definition) is 11. The fourth-order valence-electron chi connectivity index (χ4n) is 3.79. The van der Waals surface area contributed by atoms with Gasteiger partial charge < -0.3 is 23.8 Å². The number of aliphatic hydroxyl groups is 1. The molecular formula is C23H30N5O10P. The number of carbonyl (C=O) groups is 3. The van der Waals surface area contributed by atoms with Crippen LogP contribution in [0.3, 0.4) is 0 Å². The van der Waals surface area contributed by atoms with Gasteiger partial charge in [0.1, 0.15) is 30.5 Å². The van der Waals surface area contributed by atoms with Gasteiger partial charge in [-0.15, -0.1) is 0 Å². The van der Waals surface area contributed by atoms with E-state index in [0.29, 0.717) is 0 Å². The second-order valence-electron chi connectivity index (χ2n) is 8.94. The number of rotatable bonds is 12. The Labute approximate surface area is 224 Å². The summed E-state index contributed by atoms with van der Waals surface area (Å²) < 4.78 is 41.4. The Morgan fingerprint density at radius 2 is 2.03 bits per heavy atom. The molecule has 212 valence electrons. The van der Waals surface area contributed by atoms with Crippen molar-refractivity contribution in [3.63, 3.8) is 0 Å². The molecule has 2 heterocycles. The van der Waals surface area contributed by atoms with E-state index in [9.17, 15) is 24.1 Å². The molecule has 0 aromatic heterocycles. The summed E-state index contributed by atoms with van der Waals surface area (Å²) in [6, 6.07) is 5.42. The molecule has 15 nitrogen and oxygen atoms in total. The number of allylic oxidation sites excluding steroid dienone is 1. The highest BCUT2D eigenvalue weighted by Gasteiger charge is 2.58. The number of amides is 1.